The molecular weight excluding hydrogens is 454 g/mol. The van der Waals surface area contributed by atoms with Crippen molar-refractivity contribution in [2.75, 3.05) is 25.4 Å². The number of hydrogen-bond acceptors (Lipinski definition) is 6. The van der Waals surface area contributed by atoms with Crippen molar-refractivity contribution in [1.29, 1.82) is 0 Å². The van der Waals surface area contributed by atoms with Gasteiger partial charge in [-0.05, 0) is 31.5 Å². The minimum Gasteiger partial charge on any atom is -0.482 e. The molecule has 5 rings (SSSR count). The smallest absolute Gasteiger partial charge is 0.166 e. The van der Waals surface area contributed by atoms with Crippen molar-refractivity contribution in [3.63, 3.8) is 0 Å². The van der Waals surface area contributed by atoms with E-state index in [1.165, 1.54) is 12.1 Å². The largest absolute Gasteiger partial charge is 0.482 e. The second kappa shape index (κ2) is 8.19. The predicted molar refractivity (Wildman–Crippen MR) is 123 cm³/mol. The molecule has 7 nitrogen and oxygen atoms in total. The molecule has 10 heteroatoms. The molecule has 168 valence electrons. The molecule has 2 saturated heterocycles. The maximum Gasteiger partial charge on any atom is 0.166 e. The zero-order valence-corrected chi connectivity index (χ0v) is 18.9. The van der Waals surface area contributed by atoms with Crippen LogP contribution in [0, 0.1) is 5.82 Å². The van der Waals surface area contributed by atoms with Gasteiger partial charge < -0.3 is 21.1 Å². The Morgan fingerprint density at radius 3 is 2.81 bits per heavy atom. The van der Waals surface area contributed by atoms with Crippen LogP contribution in [0.15, 0.2) is 36.8 Å². The van der Waals surface area contributed by atoms with Crippen LogP contribution in [0.1, 0.15) is 31.1 Å². The van der Waals surface area contributed by atoms with Gasteiger partial charge in [-0.25, -0.2) is 9.37 Å². The fourth-order valence-electron chi connectivity index (χ4n) is 4.37. The molecule has 1 aromatic carbocycles. The van der Waals surface area contributed by atoms with Crippen molar-refractivity contribution in [3.05, 3.63) is 58.2 Å². The van der Waals surface area contributed by atoms with Gasteiger partial charge in [0.1, 0.15) is 11.9 Å². The van der Waals surface area contributed by atoms with Crippen molar-refractivity contribution in [2.24, 2.45) is 0 Å². The molecule has 0 amide bonds. The summed E-state index contributed by atoms with van der Waals surface area (Å²) in [6.07, 6.45) is 5.91. The highest BCUT2D eigenvalue weighted by Crippen LogP contribution is 2.37. The van der Waals surface area contributed by atoms with Crippen LogP contribution in [0.25, 0.3) is 11.1 Å². The second-order valence-electron chi connectivity index (χ2n) is 8.46. The minimum absolute atomic E-state index is 0.0708. The van der Waals surface area contributed by atoms with Crippen LogP contribution >= 0.6 is 23.2 Å². The molecule has 2 fully saturated rings. The molecule has 32 heavy (non-hydrogen) atoms. The summed E-state index contributed by atoms with van der Waals surface area (Å²) >= 11 is 12.4. The lowest BCUT2D eigenvalue weighted by atomic mass is 9.90. The molecule has 1 spiro atoms. The maximum absolute atomic E-state index is 13.9. The van der Waals surface area contributed by atoms with Gasteiger partial charge in [-0.1, -0.05) is 23.2 Å². The summed E-state index contributed by atoms with van der Waals surface area (Å²) in [5, 5.41) is 11.8. The van der Waals surface area contributed by atoms with E-state index in [2.05, 4.69) is 20.7 Å². The molecule has 2 aliphatic rings. The Balaban J connectivity index is 1.37. The van der Waals surface area contributed by atoms with Crippen LogP contribution in [0.2, 0.25) is 10.0 Å². The zero-order chi connectivity index (χ0) is 22.5. The number of nitrogen functional groups attached to an aromatic ring is 1. The van der Waals surface area contributed by atoms with Crippen molar-refractivity contribution >= 4 is 29.0 Å². The van der Waals surface area contributed by atoms with Gasteiger partial charge in [0.2, 0.25) is 0 Å². The van der Waals surface area contributed by atoms with Crippen molar-refractivity contribution < 1.29 is 9.13 Å². The summed E-state index contributed by atoms with van der Waals surface area (Å²) in [4.78, 5) is 4.27. The van der Waals surface area contributed by atoms with Crippen LogP contribution in [0.3, 0.4) is 0 Å². The number of nitrogens with two attached hydrogens (primary N) is 1. The number of nitrogens with one attached hydrogen (secondary N) is 2. The highest BCUT2D eigenvalue weighted by Gasteiger charge is 2.44. The van der Waals surface area contributed by atoms with Gasteiger partial charge in [0, 0.05) is 59.3 Å². The normalized spacial score (nSPS) is 20.3. The molecule has 4 heterocycles. The van der Waals surface area contributed by atoms with E-state index in [1.54, 1.807) is 19.2 Å². The summed E-state index contributed by atoms with van der Waals surface area (Å²) in [5.41, 5.74) is 8.33. The fourth-order valence-corrected chi connectivity index (χ4v) is 5.05. The van der Waals surface area contributed by atoms with E-state index in [4.69, 9.17) is 33.7 Å². The molecule has 2 atom stereocenters. The van der Waals surface area contributed by atoms with Crippen molar-refractivity contribution in [1.82, 2.24) is 25.4 Å². The number of rotatable bonds is 5. The van der Waals surface area contributed by atoms with E-state index >= 15 is 0 Å². The Bertz CT molecular complexity index is 1170. The number of ether oxygens (including phenoxy) is 1. The first-order chi connectivity index (χ1) is 15.3. The van der Waals surface area contributed by atoms with Gasteiger partial charge in [0.25, 0.3) is 0 Å². The third-order valence-corrected chi connectivity index (χ3v) is 6.96. The van der Waals surface area contributed by atoms with E-state index in [-0.39, 0.29) is 16.4 Å². The maximum atomic E-state index is 13.9. The number of halogens is 3. The number of anilines is 1. The van der Waals surface area contributed by atoms with E-state index in [9.17, 15) is 4.39 Å². The molecule has 2 aliphatic heterocycles. The number of hydrogen-bond donors (Lipinski definition) is 3. The van der Waals surface area contributed by atoms with Crippen molar-refractivity contribution in [2.45, 2.75) is 31.0 Å². The molecule has 0 saturated carbocycles. The average Bonchev–Trinajstić information content (AvgIpc) is 3.40. The molecule has 0 bridgehead atoms. The predicted octanol–water partition coefficient (Wildman–Crippen LogP) is 3.99. The highest BCUT2D eigenvalue weighted by atomic mass is 35.5. The molecule has 0 radical (unpaired) electrons. The van der Waals surface area contributed by atoms with Gasteiger partial charge in [0.05, 0.1) is 17.3 Å². The molecule has 0 aliphatic carbocycles. The van der Waals surface area contributed by atoms with E-state index < -0.39 is 11.9 Å². The van der Waals surface area contributed by atoms with Gasteiger partial charge in [-0.15, -0.1) is 0 Å². The highest BCUT2D eigenvalue weighted by molar-refractivity contribution is 6.36. The number of aromatic nitrogens is 3. The topological polar surface area (TPSA) is 90.0 Å². The number of nitrogens with zero attached hydrogens (tertiary/aromatic N) is 3. The van der Waals surface area contributed by atoms with Crippen LogP contribution in [0.5, 0.6) is 5.75 Å². The van der Waals surface area contributed by atoms with E-state index in [0.717, 1.165) is 37.2 Å². The van der Waals surface area contributed by atoms with Crippen LogP contribution < -0.4 is 21.1 Å². The minimum atomic E-state index is -0.635. The molecule has 1 unspecified atom stereocenters. The summed E-state index contributed by atoms with van der Waals surface area (Å²) in [6, 6.07) is 4.77. The monoisotopic (exact) mass is 476 g/mol. The van der Waals surface area contributed by atoms with Crippen LogP contribution in [-0.2, 0) is 0 Å². The Kier molecular flexibility index (Phi) is 5.49. The summed E-state index contributed by atoms with van der Waals surface area (Å²) in [6.45, 7) is 4.62. The quantitative estimate of drug-likeness (QED) is 0.482. The molecule has 2 aromatic heterocycles. The lowest BCUT2D eigenvalue weighted by Gasteiger charge is -2.39. The third kappa shape index (κ3) is 3.81. The zero-order valence-electron chi connectivity index (χ0n) is 17.4. The fraction of sp³-hybridized carbons (Fsp3) is 0.364. The molecule has 3 aromatic rings. The first-order valence-electron chi connectivity index (χ1n) is 10.4. The first-order valence-corrected chi connectivity index (χ1v) is 11.2. The average molecular weight is 477 g/mol. The summed E-state index contributed by atoms with van der Waals surface area (Å²) in [7, 11) is 0. The number of benzene rings is 1. The molecule has 4 N–H and O–H groups in total. The Morgan fingerprint density at radius 2 is 2.09 bits per heavy atom. The Labute approximate surface area is 195 Å². The van der Waals surface area contributed by atoms with Gasteiger partial charge in [0.15, 0.2) is 11.6 Å². The number of pyridine rings is 1. The Hall–Kier alpha value is -2.39. The Morgan fingerprint density at radius 1 is 1.28 bits per heavy atom. The first kappa shape index (κ1) is 21.5. The third-order valence-electron chi connectivity index (χ3n) is 6.25. The standard InChI is InChI=1S/C22H23Cl2FN6O/c1-12(19-16(23)2-3-17(25)20(19)24)32-18-4-13(6-28-21(18)26)14-7-30-31(9-14)15-5-22(29-8-15)10-27-11-22/h2-4,6-7,9,12,15,27,29H,5,8,10-11H2,1H3,(H2,26,28)/t12-,15?/m1/s1. The lowest BCUT2D eigenvalue weighted by molar-refractivity contribution is 0.227. The summed E-state index contributed by atoms with van der Waals surface area (Å²) < 4.78 is 21.9. The van der Waals surface area contributed by atoms with Gasteiger partial charge >= 0.3 is 0 Å². The summed E-state index contributed by atoms with van der Waals surface area (Å²) in [5.74, 6) is 0.0203. The SMILES string of the molecule is C[C@@H](Oc1cc(-c2cnn(C3CNC4(CNC4)C3)c2)cnc1N)c1c(Cl)ccc(F)c1Cl. The molecular formula is C22H23Cl2FN6O. The van der Waals surface area contributed by atoms with Crippen LogP contribution in [0.4, 0.5) is 10.2 Å². The van der Waals surface area contributed by atoms with E-state index in [1.807, 2.05) is 17.1 Å². The lowest BCUT2D eigenvalue weighted by Crippen LogP contribution is -2.64. The van der Waals surface area contributed by atoms with Crippen LogP contribution in [-0.4, -0.2) is 39.9 Å². The van der Waals surface area contributed by atoms with E-state index in [0.29, 0.717) is 22.4 Å². The van der Waals surface area contributed by atoms with Gasteiger partial charge in [-0.2, -0.15) is 5.10 Å². The van der Waals surface area contributed by atoms with Crippen molar-refractivity contribution in [3.8, 4) is 16.9 Å². The second-order valence-corrected chi connectivity index (χ2v) is 9.24. The van der Waals surface area contributed by atoms with Gasteiger partial charge in [-0.3, -0.25) is 4.68 Å².